The van der Waals surface area contributed by atoms with Crippen molar-refractivity contribution in [2.24, 2.45) is 0 Å². The number of aliphatic hydroxyl groups excluding tert-OH is 11. The van der Waals surface area contributed by atoms with E-state index in [-0.39, 0.29) is 12.3 Å². The summed E-state index contributed by atoms with van der Waals surface area (Å²) in [5.41, 5.74) is 0. The van der Waals surface area contributed by atoms with Gasteiger partial charge in [-0.2, -0.15) is 0 Å². The minimum absolute atomic E-state index is 0.205. The summed E-state index contributed by atoms with van der Waals surface area (Å²) in [6.07, 6.45) is 11.4. The van der Waals surface area contributed by atoms with E-state index in [1.807, 2.05) is 6.08 Å². The maximum absolute atomic E-state index is 13.4. The standard InChI is InChI=1S/C63H116N2O21/c1-4-6-8-10-12-14-16-17-18-19-20-21-22-23-24-25-27-29-31-33-35-37-50(73)65-44(45(70)36-34-32-30-28-26-15-13-11-9-7-5-2)42-81-60-55(77)54(76)57(49(41-68)83-60)84-61-56(78)59(53(75)48(40-67)82-61)86-63(62(79)80)38-46(71)51(64-43(3)69)58(85-63)52(74)47(72)39-66/h34,36,44-49,51-61,66-68,70-72,74-78H,4-33,35,37-42H2,1-3H3,(H,64,69)(H,65,73)(H,79,80)/b36-34+. The molecule has 0 aromatic heterocycles. The number of nitrogens with one attached hydrogen (secondary N) is 2. The second-order valence-corrected chi connectivity index (χ2v) is 24.3. The maximum atomic E-state index is 13.4. The molecule has 0 aliphatic carbocycles. The Kier molecular flexibility index (Phi) is 40.5. The summed E-state index contributed by atoms with van der Waals surface area (Å²) in [7, 11) is 0. The lowest BCUT2D eigenvalue weighted by molar-refractivity contribution is -0.386. The number of hydrogen-bond acceptors (Lipinski definition) is 20. The van der Waals surface area contributed by atoms with Gasteiger partial charge in [0, 0.05) is 19.8 Å². The molecule has 3 fully saturated rings. The van der Waals surface area contributed by atoms with Crippen LogP contribution >= 0.6 is 0 Å². The van der Waals surface area contributed by atoms with E-state index >= 15 is 0 Å². The predicted molar refractivity (Wildman–Crippen MR) is 320 cm³/mol. The highest BCUT2D eigenvalue weighted by molar-refractivity contribution is 5.77. The van der Waals surface area contributed by atoms with Crippen molar-refractivity contribution in [3.05, 3.63) is 12.2 Å². The van der Waals surface area contributed by atoms with Crippen molar-refractivity contribution >= 4 is 17.8 Å². The van der Waals surface area contributed by atoms with Crippen molar-refractivity contribution in [1.82, 2.24) is 10.6 Å². The summed E-state index contributed by atoms with van der Waals surface area (Å²) in [6.45, 7) is 2.11. The van der Waals surface area contributed by atoms with E-state index in [0.717, 1.165) is 51.9 Å². The molecule has 18 atom stereocenters. The summed E-state index contributed by atoms with van der Waals surface area (Å²) in [6, 6.07) is -2.61. The SMILES string of the molecule is CCCCCCCCCCC/C=C/C(O)C(COC1OC(CO)C(OC2OC(CO)C(O)C(OC3(C(=O)O)CC(O)C(NC(C)=O)C(C(O)C(O)CO)O3)C2O)C(O)C1O)NC(=O)CCCCCCCCCCCCCCCCCCCCCCC. The molecule has 23 nitrogen and oxygen atoms in total. The van der Waals surface area contributed by atoms with Crippen molar-refractivity contribution in [2.45, 2.75) is 342 Å². The van der Waals surface area contributed by atoms with Crippen LogP contribution < -0.4 is 10.6 Å². The van der Waals surface area contributed by atoms with Crippen molar-refractivity contribution < 1.29 is 104 Å². The zero-order valence-corrected chi connectivity index (χ0v) is 52.2. The molecule has 18 unspecified atom stereocenters. The first-order chi connectivity index (χ1) is 41.4. The lowest BCUT2D eigenvalue weighted by Gasteiger charge is -2.50. The topological polar surface area (TPSA) is 373 Å². The highest BCUT2D eigenvalue weighted by Crippen LogP contribution is 2.38. The van der Waals surface area contributed by atoms with Crippen molar-refractivity contribution in [2.75, 3.05) is 26.4 Å². The van der Waals surface area contributed by atoms with Crippen LogP contribution in [0.15, 0.2) is 12.2 Å². The van der Waals surface area contributed by atoms with Crippen molar-refractivity contribution in [1.29, 1.82) is 0 Å². The lowest BCUT2D eigenvalue weighted by atomic mass is 9.88. The van der Waals surface area contributed by atoms with E-state index in [1.165, 1.54) is 141 Å². The van der Waals surface area contributed by atoms with Gasteiger partial charge in [-0.15, -0.1) is 0 Å². The van der Waals surface area contributed by atoms with Gasteiger partial charge in [0.15, 0.2) is 12.6 Å². The molecule has 3 heterocycles. The number of carbonyl (C=O) groups is 3. The number of rotatable bonds is 49. The van der Waals surface area contributed by atoms with Gasteiger partial charge in [0.25, 0.3) is 5.79 Å². The van der Waals surface area contributed by atoms with Gasteiger partial charge in [0.1, 0.15) is 67.1 Å². The number of ether oxygens (including phenoxy) is 6. The van der Waals surface area contributed by atoms with Crippen LogP contribution in [0.3, 0.4) is 0 Å². The molecule has 0 aromatic rings. The van der Waals surface area contributed by atoms with Crippen LogP contribution in [0.4, 0.5) is 0 Å². The van der Waals surface area contributed by atoms with Gasteiger partial charge in [-0.25, -0.2) is 4.79 Å². The Balaban J connectivity index is 1.59. The quantitative estimate of drug-likeness (QED) is 0.0289. The average Bonchev–Trinajstić information content (AvgIpc) is 0.979. The number of hydrogen-bond donors (Lipinski definition) is 14. The normalized spacial score (nSPS) is 29.4. The molecule has 504 valence electrons. The predicted octanol–water partition coefficient (Wildman–Crippen LogP) is 4.73. The van der Waals surface area contributed by atoms with Gasteiger partial charge in [-0.1, -0.05) is 206 Å². The second kappa shape index (κ2) is 44.9. The number of unbranched alkanes of at least 4 members (excludes halogenated alkanes) is 29. The Hall–Kier alpha value is -2.53. The van der Waals surface area contributed by atoms with Crippen LogP contribution in [-0.2, 0) is 42.8 Å². The van der Waals surface area contributed by atoms with Gasteiger partial charge in [0.2, 0.25) is 11.8 Å². The van der Waals surface area contributed by atoms with E-state index in [0.29, 0.717) is 12.8 Å². The van der Waals surface area contributed by atoms with E-state index < -0.39 is 155 Å². The highest BCUT2D eigenvalue weighted by Gasteiger charge is 2.60. The minimum Gasteiger partial charge on any atom is -0.477 e. The maximum Gasteiger partial charge on any atom is 0.364 e. The fourth-order valence-corrected chi connectivity index (χ4v) is 11.6. The van der Waals surface area contributed by atoms with E-state index in [1.54, 1.807) is 6.08 Å². The molecule has 3 aliphatic rings. The number of carboxylic acid groups (broad SMARTS) is 1. The fraction of sp³-hybridized carbons (Fsp3) is 0.921. The van der Waals surface area contributed by atoms with Crippen LogP contribution in [-0.4, -0.2) is 215 Å². The van der Waals surface area contributed by atoms with Gasteiger partial charge in [0.05, 0.1) is 50.7 Å². The molecular weight excluding hydrogens is 1120 g/mol. The Labute approximate surface area is 511 Å². The molecule has 23 heteroatoms. The monoisotopic (exact) mass is 1240 g/mol. The first kappa shape index (κ1) is 77.7. The molecule has 14 N–H and O–H groups in total. The van der Waals surface area contributed by atoms with Crippen molar-refractivity contribution in [3.8, 4) is 0 Å². The fourth-order valence-electron chi connectivity index (χ4n) is 11.6. The van der Waals surface area contributed by atoms with E-state index in [2.05, 4.69) is 24.5 Å². The molecule has 3 rings (SSSR count). The van der Waals surface area contributed by atoms with Crippen LogP contribution in [0.1, 0.15) is 233 Å². The molecule has 86 heavy (non-hydrogen) atoms. The minimum atomic E-state index is -3.08. The summed E-state index contributed by atoms with van der Waals surface area (Å²) in [5, 5.41) is 136. The van der Waals surface area contributed by atoms with Gasteiger partial charge in [-0.3, -0.25) is 9.59 Å². The Morgan fingerprint density at radius 3 is 1.55 bits per heavy atom. The third-order valence-corrected chi connectivity index (χ3v) is 17.0. The molecule has 3 aliphatic heterocycles. The van der Waals surface area contributed by atoms with Gasteiger partial charge < -0.3 is 100 Å². The number of carboxylic acids is 1. The van der Waals surface area contributed by atoms with E-state index in [4.69, 9.17) is 28.4 Å². The van der Waals surface area contributed by atoms with Crippen LogP contribution in [0, 0.1) is 0 Å². The molecule has 0 radical (unpaired) electrons. The van der Waals surface area contributed by atoms with Crippen LogP contribution in [0.25, 0.3) is 0 Å². The van der Waals surface area contributed by atoms with Gasteiger partial charge in [-0.05, 0) is 19.3 Å². The largest absolute Gasteiger partial charge is 0.477 e. The number of aliphatic hydroxyl groups is 11. The number of aliphatic carboxylic acids is 1. The molecule has 3 saturated heterocycles. The molecular formula is C63H116N2O21. The van der Waals surface area contributed by atoms with Crippen LogP contribution in [0.2, 0.25) is 0 Å². The first-order valence-electron chi connectivity index (χ1n) is 33.1. The number of amides is 2. The summed E-state index contributed by atoms with van der Waals surface area (Å²) < 4.78 is 34.7. The lowest BCUT2D eigenvalue weighted by Crippen LogP contribution is -2.70. The summed E-state index contributed by atoms with van der Waals surface area (Å²) >= 11 is 0. The molecule has 0 bridgehead atoms. The third-order valence-electron chi connectivity index (χ3n) is 17.0. The Morgan fingerprint density at radius 2 is 1.08 bits per heavy atom. The number of allylic oxidation sites excluding steroid dienone is 1. The zero-order chi connectivity index (χ0) is 63.3. The summed E-state index contributed by atoms with van der Waals surface area (Å²) in [4.78, 5) is 38.4. The number of carbonyl (C=O) groups excluding carboxylic acids is 2. The first-order valence-corrected chi connectivity index (χ1v) is 33.1. The van der Waals surface area contributed by atoms with Crippen LogP contribution in [0.5, 0.6) is 0 Å². The summed E-state index contributed by atoms with van der Waals surface area (Å²) in [5.74, 6) is -6.14. The third kappa shape index (κ3) is 27.9. The Morgan fingerprint density at radius 1 is 0.605 bits per heavy atom. The second-order valence-electron chi connectivity index (χ2n) is 24.3. The Bertz CT molecular complexity index is 1810. The van der Waals surface area contributed by atoms with E-state index in [9.17, 15) is 75.7 Å². The average molecular weight is 1240 g/mol. The highest BCUT2D eigenvalue weighted by atomic mass is 16.8. The molecule has 0 saturated carbocycles. The molecule has 2 amide bonds. The molecule has 0 spiro atoms. The smallest absolute Gasteiger partial charge is 0.364 e. The zero-order valence-electron chi connectivity index (χ0n) is 52.2. The molecule has 0 aromatic carbocycles. The van der Waals surface area contributed by atoms with Crippen molar-refractivity contribution in [3.63, 3.8) is 0 Å². The van der Waals surface area contributed by atoms with Gasteiger partial charge >= 0.3 is 5.97 Å².